The van der Waals surface area contributed by atoms with E-state index in [1.54, 1.807) is 0 Å². The second-order valence-corrected chi connectivity index (χ2v) is 10.2. The van der Waals surface area contributed by atoms with E-state index in [4.69, 9.17) is 27.9 Å². The van der Waals surface area contributed by atoms with Crippen molar-refractivity contribution in [3.8, 4) is 16.9 Å². The van der Waals surface area contributed by atoms with Crippen molar-refractivity contribution in [3.63, 3.8) is 0 Å². The third-order valence-electron chi connectivity index (χ3n) is 6.46. The van der Waals surface area contributed by atoms with Gasteiger partial charge in [0.1, 0.15) is 5.82 Å². The van der Waals surface area contributed by atoms with Crippen LogP contribution in [0, 0.1) is 11.2 Å². The lowest BCUT2D eigenvalue weighted by atomic mass is 10.0. The predicted molar refractivity (Wildman–Crippen MR) is 142 cm³/mol. The fraction of sp³-hybridized carbons (Fsp3) is 0.259. The molecule has 0 spiro atoms. The summed E-state index contributed by atoms with van der Waals surface area (Å²) in [4.78, 5) is 42.0. The molecule has 1 heterocycles. The van der Waals surface area contributed by atoms with E-state index in [1.165, 1.54) is 36.5 Å². The summed E-state index contributed by atoms with van der Waals surface area (Å²) in [6.07, 6.45) is -2.68. The molecule has 1 fully saturated rings. The molecule has 0 bridgehead atoms. The van der Waals surface area contributed by atoms with E-state index < -0.39 is 53.1 Å². The van der Waals surface area contributed by atoms with Crippen molar-refractivity contribution in [3.05, 3.63) is 75.7 Å². The second kappa shape index (κ2) is 11.5. The number of carbonyl (C=O) groups excluding carboxylic acids is 2. The summed E-state index contributed by atoms with van der Waals surface area (Å²) in [5, 5.41) is 11.8. The summed E-state index contributed by atoms with van der Waals surface area (Å²) in [6, 6.07) is 8.85. The number of hydrogen-bond donors (Lipinski definition) is 2. The van der Waals surface area contributed by atoms with Gasteiger partial charge in [-0.2, -0.15) is 13.2 Å². The van der Waals surface area contributed by atoms with E-state index in [0.29, 0.717) is 12.8 Å². The fourth-order valence-electron chi connectivity index (χ4n) is 3.92. The number of amides is 2. The van der Waals surface area contributed by atoms with Gasteiger partial charge in [-0.15, -0.1) is 0 Å². The van der Waals surface area contributed by atoms with E-state index in [1.807, 2.05) is 0 Å². The van der Waals surface area contributed by atoms with Gasteiger partial charge in [0.2, 0.25) is 0 Å². The van der Waals surface area contributed by atoms with Crippen molar-refractivity contribution in [2.24, 2.45) is 5.41 Å². The Morgan fingerprint density at radius 2 is 1.83 bits per heavy atom. The highest BCUT2D eigenvalue weighted by Gasteiger charge is 2.50. The largest absolute Gasteiger partial charge is 0.481 e. The van der Waals surface area contributed by atoms with E-state index in [9.17, 15) is 37.1 Å². The van der Waals surface area contributed by atoms with Crippen molar-refractivity contribution >= 4 is 46.8 Å². The van der Waals surface area contributed by atoms with Gasteiger partial charge >= 0.3 is 12.1 Å². The van der Waals surface area contributed by atoms with E-state index in [2.05, 4.69) is 10.3 Å². The van der Waals surface area contributed by atoms with Crippen LogP contribution in [0.2, 0.25) is 10.0 Å². The van der Waals surface area contributed by atoms with Gasteiger partial charge in [0, 0.05) is 41.5 Å². The number of pyridine rings is 1. The third kappa shape index (κ3) is 6.71. The zero-order chi connectivity index (χ0) is 30.1. The lowest BCUT2D eigenvalue weighted by Gasteiger charge is -2.21. The van der Waals surface area contributed by atoms with E-state index in [0.717, 1.165) is 24.1 Å². The number of carbonyl (C=O) groups is 3. The molecule has 1 saturated carbocycles. The summed E-state index contributed by atoms with van der Waals surface area (Å²) < 4.78 is 58.5. The molecule has 14 heteroatoms. The Bertz CT molecular complexity index is 1510. The molecule has 0 aliphatic heterocycles. The fourth-order valence-corrected chi connectivity index (χ4v) is 4.40. The van der Waals surface area contributed by atoms with Gasteiger partial charge in [-0.05, 0) is 49.2 Å². The average molecular weight is 614 g/mol. The maximum Gasteiger partial charge on any atom is 0.422 e. The molecule has 2 amide bonds. The van der Waals surface area contributed by atoms with E-state index >= 15 is 0 Å². The van der Waals surface area contributed by atoms with Gasteiger partial charge in [0.15, 0.2) is 18.2 Å². The molecule has 0 atom stereocenters. The standard InChI is InChI=1S/C27H21Cl2F4N3O5/c1-36(24(38)21-18(29)3-2-4-19(21)30)22-20(41-13-27(31,32)33)10-15(11-34-22)16-9-14(5-6-17(16)28)23(37)35-12-26(7-8-26)25(39)40/h2-6,9-11H,7-8,12-13H2,1H3,(H,35,37)(H,39,40). The molecule has 4 rings (SSSR count). The van der Waals surface area contributed by atoms with Crippen LogP contribution in [-0.4, -0.2) is 54.2 Å². The van der Waals surface area contributed by atoms with Gasteiger partial charge in [-0.3, -0.25) is 19.3 Å². The summed E-state index contributed by atoms with van der Waals surface area (Å²) in [5.74, 6) is -4.37. The van der Waals surface area contributed by atoms with Crippen LogP contribution in [0.25, 0.3) is 11.1 Å². The SMILES string of the molecule is CN(C(=O)c1c(F)cccc1Cl)c1ncc(-c2cc(C(=O)NCC3(C(=O)O)CC3)ccc2Cl)cc1OCC(F)(F)F. The molecule has 2 aromatic carbocycles. The maximum atomic E-state index is 14.4. The minimum Gasteiger partial charge on any atom is -0.481 e. The van der Waals surface area contributed by atoms with Crippen LogP contribution in [0.15, 0.2) is 48.7 Å². The molecule has 1 aliphatic carbocycles. The maximum absolute atomic E-state index is 14.4. The number of halogens is 6. The highest BCUT2D eigenvalue weighted by Crippen LogP contribution is 2.45. The number of rotatable bonds is 9. The number of nitrogens with one attached hydrogen (secondary N) is 1. The van der Waals surface area contributed by atoms with Crippen LogP contribution in [0.5, 0.6) is 5.75 Å². The van der Waals surface area contributed by atoms with Crippen LogP contribution >= 0.6 is 23.2 Å². The van der Waals surface area contributed by atoms with Gasteiger partial charge in [0.05, 0.1) is 16.0 Å². The summed E-state index contributed by atoms with van der Waals surface area (Å²) in [6.45, 7) is -1.80. The van der Waals surface area contributed by atoms with Crippen LogP contribution in [0.3, 0.4) is 0 Å². The number of carboxylic acids is 1. The minimum absolute atomic E-state index is 0.0722. The number of carboxylic acid groups (broad SMARTS) is 1. The number of aromatic nitrogens is 1. The third-order valence-corrected chi connectivity index (χ3v) is 7.10. The molecule has 0 unspecified atom stereocenters. The van der Waals surface area contributed by atoms with Crippen LogP contribution in [-0.2, 0) is 4.79 Å². The first kappa shape index (κ1) is 30.1. The van der Waals surface area contributed by atoms with Crippen molar-refractivity contribution in [2.75, 3.05) is 25.1 Å². The zero-order valence-corrected chi connectivity index (χ0v) is 22.7. The van der Waals surface area contributed by atoms with Gasteiger partial charge in [-0.1, -0.05) is 29.3 Å². The molecule has 41 heavy (non-hydrogen) atoms. The van der Waals surface area contributed by atoms with Crippen molar-refractivity contribution in [2.45, 2.75) is 19.0 Å². The predicted octanol–water partition coefficient (Wildman–Crippen LogP) is 6.01. The Morgan fingerprint density at radius 1 is 1.12 bits per heavy atom. The van der Waals surface area contributed by atoms with Crippen LogP contribution in [0.4, 0.5) is 23.4 Å². The van der Waals surface area contributed by atoms with Crippen molar-refractivity contribution < 1.29 is 41.8 Å². The first-order valence-electron chi connectivity index (χ1n) is 12.0. The highest BCUT2D eigenvalue weighted by molar-refractivity contribution is 6.34. The number of alkyl halides is 3. The monoisotopic (exact) mass is 613 g/mol. The molecule has 0 saturated heterocycles. The number of nitrogens with zero attached hydrogens (tertiary/aromatic N) is 2. The summed E-state index contributed by atoms with van der Waals surface area (Å²) in [7, 11) is 1.16. The Labute approximate surface area is 240 Å². The zero-order valence-electron chi connectivity index (χ0n) is 21.2. The smallest absolute Gasteiger partial charge is 0.422 e. The second-order valence-electron chi connectivity index (χ2n) is 9.37. The number of anilines is 1. The Hall–Kier alpha value is -3.90. The Kier molecular flexibility index (Phi) is 8.46. The van der Waals surface area contributed by atoms with Gasteiger partial charge in [-0.25, -0.2) is 9.37 Å². The molecule has 2 N–H and O–H groups in total. The Morgan fingerprint density at radius 3 is 2.44 bits per heavy atom. The Balaban J connectivity index is 1.68. The number of hydrogen-bond acceptors (Lipinski definition) is 5. The quantitative estimate of drug-likeness (QED) is 0.286. The topological polar surface area (TPSA) is 109 Å². The molecule has 216 valence electrons. The lowest BCUT2D eigenvalue weighted by molar-refractivity contribution is -0.153. The molecule has 3 aromatic rings. The molecular formula is C27H21Cl2F4N3O5. The molecular weight excluding hydrogens is 593 g/mol. The highest BCUT2D eigenvalue weighted by atomic mass is 35.5. The normalized spacial score (nSPS) is 13.8. The van der Waals surface area contributed by atoms with Crippen LogP contribution < -0.4 is 15.0 Å². The summed E-state index contributed by atoms with van der Waals surface area (Å²) >= 11 is 12.3. The first-order valence-corrected chi connectivity index (χ1v) is 12.7. The van der Waals surface area contributed by atoms with E-state index in [-0.39, 0.29) is 39.1 Å². The summed E-state index contributed by atoms with van der Waals surface area (Å²) in [5.41, 5.74) is -1.07. The van der Waals surface area contributed by atoms with Crippen molar-refractivity contribution in [1.29, 1.82) is 0 Å². The number of aliphatic carboxylic acids is 1. The molecule has 1 aliphatic rings. The lowest BCUT2D eigenvalue weighted by Crippen LogP contribution is -2.34. The number of benzene rings is 2. The molecule has 0 radical (unpaired) electrons. The first-order chi connectivity index (χ1) is 19.2. The van der Waals surface area contributed by atoms with Crippen LogP contribution in [0.1, 0.15) is 33.6 Å². The van der Waals surface area contributed by atoms with Gasteiger partial charge < -0.3 is 15.2 Å². The molecule has 1 aromatic heterocycles. The minimum atomic E-state index is -4.74. The average Bonchev–Trinajstić information content (AvgIpc) is 3.71. The van der Waals surface area contributed by atoms with Gasteiger partial charge in [0.25, 0.3) is 11.8 Å². The number of ether oxygens (including phenoxy) is 1. The molecule has 8 nitrogen and oxygen atoms in total. The van der Waals surface area contributed by atoms with Crippen molar-refractivity contribution in [1.82, 2.24) is 10.3 Å².